The lowest BCUT2D eigenvalue weighted by molar-refractivity contribution is -0.129. The molecule has 0 radical (unpaired) electrons. The van der Waals surface area contributed by atoms with Crippen LogP contribution in [0, 0.1) is 11.3 Å². The summed E-state index contributed by atoms with van der Waals surface area (Å²) in [5.74, 6) is -0.0353. The van der Waals surface area contributed by atoms with Crippen LogP contribution in [0.2, 0.25) is 0 Å². The molecule has 1 aliphatic heterocycles. The van der Waals surface area contributed by atoms with Gasteiger partial charge in [-0.05, 0) is 35.6 Å². The smallest absolute Gasteiger partial charge is 0.245 e. The van der Waals surface area contributed by atoms with Gasteiger partial charge in [0.25, 0.3) is 0 Å². The number of carbonyl (C=O) groups is 1. The van der Waals surface area contributed by atoms with Gasteiger partial charge in [0.05, 0.1) is 18.7 Å². The van der Waals surface area contributed by atoms with Crippen molar-refractivity contribution in [2.24, 2.45) is 0 Å². The van der Waals surface area contributed by atoms with E-state index in [9.17, 15) is 13.2 Å². The van der Waals surface area contributed by atoms with E-state index in [0.29, 0.717) is 30.5 Å². The van der Waals surface area contributed by atoms with E-state index < -0.39 is 16.1 Å². The summed E-state index contributed by atoms with van der Waals surface area (Å²) >= 11 is 0. The first-order valence-electron chi connectivity index (χ1n) is 9.79. The molecule has 31 heavy (non-hydrogen) atoms. The Bertz CT molecular complexity index is 1300. The maximum Gasteiger partial charge on any atom is 0.245 e. The third kappa shape index (κ3) is 4.10. The van der Waals surface area contributed by atoms with E-state index >= 15 is 0 Å². The summed E-state index contributed by atoms with van der Waals surface area (Å²) < 4.78 is 34.2. The first kappa shape index (κ1) is 20.8. The molecule has 3 aromatic rings. The molecule has 0 aromatic heterocycles. The van der Waals surface area contributed by atoms with Crippen molar-refractivity contribution in [2.75, 3.05) is 13.7 Å². The lowest BCUT2D eigenvalue weighted by Crippen LogP contribution is -2.41. The Morgan fingerprint density at radius 1 is 1.16 bits per heavy atom. The number of carbonyl (C=O) groups excluding carboxylic acids is 1. The minimum Gasteiger partial charge on any atom is -0.495 e. The standard InChI is InChI=1S/C23H21N3O4S/c1-30-22-19-8-3-2-7-18(19)9-10-21(22)31(28,29)25-20-11-12-26(23(20)27)15-17-6-4-5-16(13-17)14-24/h2-10,13,20,25H,11-12,15H2,1H3/t20-/m0/s1. The van der Waals surface area contributed by atoms with Crippen molar-refractivity contribution >= 4 is 26.7 Å². The van der Waals surface area contributed by atoms with E-state index in [1.54, 1.807) is 35.2 Å². The lowest BCUT2D eigenvalue weighted by atomic mass is 10.1. The third-order valence-corrected chi connectivity index (χ3v) is 6.86. The Morgan fingerprint density at radius 2 is 1.97 bits per heavy atom. The minimum absolute atomic E-state index is 0.00155. The van der Waals surface area contributed by atoms with Crippen LogP contribution in [0.4, 0.5) is 0 Å². The maximum absolute atomic E-state index is 13.1. The number of methoxy groups -OCH3 is 1. The van der Waals surface area contributed by atoms with Gasteiger partial charge in [-0.2, -0.15) is 9.98 Å². The number of fused-ring (bicyclic) bond motifs is 1. The van der Waals surface area contributed by atoms with Gasteiger partial charge in [0.15, 0.2) is 0 Å². The summed E-state index contributed by atoms with van der Waals surface area (Å²) in [4.78, 5) is 14.4. The molecule has 1 N–H and O–H groups in total. The van der Waals surface area contributed by atoms with Crippen molar-refractivity contribution in [2.45, 2.75) is 23.9 Å². The number of hydrogen-bond acceptors (Lipinski definition) is 5. The molecule has 1 fully saturated rings. The molecule has 7 nitrogen and oxygen atoms in total. The van der Waals surface area contributed by atoms with Crippen LogP contribution in [0.15, 0.2) is 65.6 Å². The number of nitriles is 1. The number of hydrogen-bond donors (Lipinski definition) is 1. The molecule has 1 heterocycles. The van der Waals surface area contributed by atoms with Gasteiger partial charge < -0.3 is 9.64 Å². The van der Waals surface area contributed by atoms with Crippen LogP contribution in [-0.2, 0) is 21.4 Å². The highest BCUT2D eigenvalue weighted by molar-refractivity contribution is 7.89. The Kier molecular flexibility index (Phi) is 5.63. The van der Waals surface area contributed by atoms with E-state index in [1.807, 2.05) is 24.3 Å². The van der Waals surface area contributed by atoms with Crippen molar-refractivity contribution in [1.82, 2.24) is 9.62 Å². The first-order chi connectivity index (χ1) is 14.9. The van der Waals surface area contributed by atoms with E-state index in [4.69, 9.17) is 10.00 Å². The van der Waals surface area contributed by atoms with Crippen LogP contribution in [0.5, 0.6) is 5.75 Å². The Balaban J connectivity index is 1.55. The van der Waals surface area contributed by atoms with Gasteiger partial charge in [-0.25, -0.2) is 8.42 Å². The number of amides is 1. The van der Waals surface area contributed by atoms with Crippen molar-refractivity contribution < 1.29 is 17.9 Å². The predicted octanol–water partition coefficient (Wildman–Crippen LogP) is 2.80. The minimum atomic E-state index is -3.98. The highest BCUT2D eigenvalue weighted by Gasteiger charge is 2.36. The van der Waals surface area contributed by atoms with E-state index in [-0.39, 0.29) is 16.6 Å². The van der Waals surface area contributed by atoms with Crippen LogP contribution < -0.4 is 9.46 Å². The van der Waals surface area contributed by atoms with Crippen LogP contribution in [0.25, 0.3) is 10.8 Å². The fraction of sp³-hybridized carbons (Fsp3) is 0.217. The molecule has 0 spiro atoms. The van der Waals surface area contributed by atoms with Gasteiger partial charge in [-0.15, -0.1) is 0 Å². The number of sulfonamides is 1. The summed E-state index contributed by atoms with van der Waals surface area (Å²) in [6.45, 7) is 0.754. The lowest BCUT2D eigenvalue weighted by Gasteiger charge is -2.18. The first-order valence-corrected chi connectivity index (χ1v) is 11.3. The Labute approximate surface area is 180 Å². The molecule has 3 aromatic carbocycles. The summed E-state index contributed by atoms with van der Waals surface area (Å²) in [5, 5.41) is 10.6. The summed E-state index contributed by atoms with van der Waals surface area (Å²) in [5.41, 5.74) is 1.34. The highest BCUT2D eigenvalue weighted by atomic mass is 32.2. The molecule has 0 unspecified atom stereocenters. The third-order valence-electron chi connectivity index (χ3n) is 5.36. The van der Waals surface area contributed by atoms with E-state index in [2.05, 4.69) is 10.8 Å². The summed E-state index contributed by atoms with van der Waals surface area (Å²) in [6.07, 6.45) is 0.367. The molecule has 1 atom stereocenters. The van der Waals surface area contributed by atoms with Gasteiger partial charge in [0.1, 0.15) is 16.7 Å². The number of nitrogens with zero attached hydrogens (tertiary/aromatic N) is 2. The normalized spacial score (nSPS) is 16.5. The molecule has 0 saturated carbocycles. The average Bonchev–Trinajstić information content (AvgIpc) is 3.11. The fourth-order valence-corrected chi connectivity index (χ4v) is 5.27. The average molecular weight is 436 g/mol. The maximum atomic E-state index is 13.1. The second kappa shape index (κ2) is 8.38. The summed E-state index contributed by atoms with van der Waals surface area (Å²) in [6, 6.07) is 18.8. The van der Waals surface area contributed by atoms with Crippen molar-refractivity contribution in [3.05, 3.63) is 71.8 Å². The van der Waals surface area contributed by atoms with Crippen molar-refractivity contribution in [1.29, 1.82) is 5.26 Å². The molecule has 1 saturated heterocycles. The van der Waals surface area contributed by atoms with Crippen LogP contribution in [0.1, 0.15) is 17.5 Å². The van der Waals surface area contributed by atoms with Crippen LogP contribution in [-0.4, -0.2) is 38.9 Å². The topological polar surface area (TPSA) is 99.5 Å². The van der Waals surface area contributed by atoms with Gasteiger partial charge in [-0.1, -0.05) is 42.5 Å². The van der Waals surface area contributed by atoms with Gasteiger partial charge in [0, 0.05) is 18.5 Å². The van der Waals surface area contributed by atoms with Crippen LogP contribution in [0.3, 0.4) is 0 Å². The number of ether oxygens (including phenoxy) is 1. The molecule has 4 rings (SSSR count). The quantitative estimate of drug-likeness (QED) is 0.642. The van der Waals surface area contributed by atoms with E-state index in [1.165, 1.54) is 13.2 Å². The highest BCUT2D eigenvalue weighted by Crippen LogP contribution is 2.33. The second-order valence-corrected chi connectivity index (χ2v) is 9.04. The second-order valence-electron chi connectivity index (χ2n) is 7.35. The largest absolute Gasteiger partial charge is 0.495 e. The molecule has 1 aliphatic rings. The summed E-state index contributed by atoms with van der Waals surface area (Å²) in [7, 11) is -2.55. The predicted molar refractivity (Wildman–Crippen MR) is 116 cm³/mol. The van der Waals surface area contributed by atoms with Crippen LogP contribution >= 0.6 is 0 Å². The molecule has 1 amide bonds. The van der Waals surface area contributed by atoms with E-state index in [0.717, 1.165) is 10.9 Å². The van der Waals surface area contributed by atoms with Gasteiger partial charge in [-0.3, -0.25) is 4.79 Å². The van der Waals surface area contributed by atoms with Gasteiger partial charge >= 0.3 is 0 Å². The molecule has 158 valence electrons. The molecular formula is C23H21N3O4S. The Hall–Kier alpha value is -3.41. The zero-order chi connectivity index (χ0) is 22.0. The number of benzene rings is 3. The van der Waals surface area contributed by atoms with Crippen molar-refractivity contribution in [3.8, 4) is 11.8 Å². The fourth-order valence-electron chi connectivity index (χ4n) is 3.86. The number of nitrogens with one attached hydrogen (secondary N) is 1. The molecule has 0 aliphatic carbocycles. The molecule has 8 heteroatoms. The zero-order valence-electron chi connectivity index (χ0n) is 16.9. The molecule has 0 bridgehead atoms. The molecular weight excluding hydrogens is 414 g/mol. The van der Waals surface area contributed by atoms with Gasteiger partial charge in [0.2, 0.25) is 15.9 Å². The Morgan fingerprint density at radius 3 is 2.74 bits per heavy atom. The number of rotatable bonds is 6. The van der Waals surface area contributed by atoms with Crippen molar-refractivity contribution in [3.63, 3.8) is 0 Å². The zero-order valence-corrected chi connectivity index (χ0v) is 17.7. The number of likely N-dealkylation sites (tertiary alicyclic amines) is 1. The monoisotopic (exact) mass is 435 g/mol. The SMILES string of the molecule is COc1c(S(=O)(=O)N[C@H]2CCN(Cc3cccc(C#N)c3)C2=O)ccc2ccccc12.